The van der Waals surface area contributed by atoms with Crippen LogP contribution in [0.1, 0.15) is 18.4 Å². The lowest BCUT2D eigenvalue weighted by molar-refractivity contribution is 0.190. The van der Waals surface area contributed by atoms with Gasteiger partial charge in [0.25, 0.3) is 0 Å². The van der Waals surface area contributed by atoms with E-state index >= 15 is 0 Å². The van der Waals surface area contributed by atoms with Gasteiger partial charge in [-0.3, -0.25) is 0 Å². The smallest absolute Gasteiger partial charge is 0.0462 e. The molecule has 88 valence electrons. The summed E-state index contributed by atoms with van der Waals surface area (Å²) in [5.74, 6) is 0. The molecular weight excluding hydrogens is 218 g/mol. The minimum Gasteiger partial charge on any atom is -0.385 e. The largest absolute Gasteiger partial charge is 0.385 e. The molecule has 0 saturated heterocycles. The van der Waals surface area contributed by atoms with E-state index in [1.54, 1.807) is 7.11 Å². The number of hydrogen-bond donors (Lipinski definition) is 1. The standard InChI is InChI=1S/C13H19NOS/c1-15-8-4-6-11(14)13-9-10-5-2-3-7-12(10)16-13/h2-3,5,7,11,13H,4,6,8-9,14H2,1H3. The van der Waals surface area contributed by atoms with Gasteiger partial charge in [-0.1, -0.05) is 18.2 Å². The van der Waals surface area contributed by atoms with Crippen molar-refractivity contribution < 1.29 is 4.74 Å². The molecule has 0 radical (unpaired) electrons. The number of thioether (sulfide) groups is 1. The first-order valence-corrected chi connectivity index (χ1v) is 6.68. The summed E-state index contributed by atoms with van der Waals surface area (Å²) < 4.78 is 5.05. The number of ether oxygens (including phenoxy) is 1. The third-order valence-corrected chi connectivity index (χ3v) is 4.51. The fraction of sp³-hybridized carbons (Fsp3) is 0.538. The Labute approximate surface area is 102 Å². The number of rotatable bonds is 5. The molecule has 16 heavy (non-hydrogen) atoms. The van der Waals surface area contributed by atoms with Gasteiger partial charge in [0, 0.05) is 29.9 Å². The Morgan fingerprint density at radius 1 is 1.50 bits per heavy atom. The van der Waals surface area contributed by atoms with Crippen LogP contribution in [0.3, 0.4) is 0 Å². The quantitative estimate of drug-likeness (QED) is 0.799. The minimum atomic E-state index is 0.285. The van der Waals surface area contributed by atoms with E-state index in [0.717, 1.165) is 25.9 Å². The summed E-state index contributed by atoms with van der Waals surface area (Å²) in [6.07, 6.45) is 3.24. The Morgan fingerprint density at radius 2 is 2.31 bits per heavy atom. The van der Waals surface area contributed by atoms with Crippen LogP contribution in [-0.4, -0.2) is 25.0 Å². The summed E-state index contributed by atoms with van der Waals surface area (Å²) in [6, 6.07) is 8.90. The van der Waals surface area contributed by atoms with Crippen LogP contribution in [0.15, 0.2) is 29.2 Å². The van der Waals surface area contributed by atoms with Crippen LogP contribution < -0.4 is 5.73 Å². The topological polar surface area (TPSA) is 35.2 Å². The van der Waals surface area contributed by atoms with E-state index in [1.165, 1.54) is 10.5 Å². The highest BCUT2D eigenvalue weighted by Gasteiger charge is 2.26. The lowest BCUT2D eigenvalue weighted by atomic mass is 10.0. The van der Waals surface area contributed by atoms with E-state index in [1.807, 2.05) is 11.8 Å². The van der Waals surface area contributed by atoms with Gasteiger partial charge < -0.3 is 10.5 Å². The average Bonchev–Trinajstić information content (AvgIpc) is 2.73. The molecular formula is C13H19NOS. The van der Waals surface area contributed by atoms with Gasteiger partial charge in [-0.25, -0.2) is 0 Å². The Kier molecular flexibility index (Phi) is 4.27. The number of fused-ring (bicyclic) bond motifs is 1. The summed E-state index contributed by atoms with van der Waals surface area (Å²) in [4.78, 5) is 1.41. The van der Waals surface area contributed by atoms with E-state index in [-0.39, 0.29) is 6.04 Å². The van der Waals surface area contributed by atoms with Crippen molar-refractivity contribution in [2.24, 2.45) is 5.73 Å². The SMILES string of the molecule is COCCCC(N)C1Cc2ccccc2S1. The van der Waals surface area contributed by atoms with Crippen molar-refractivity contribution >= 4 is 11.8 Å². The van der Waals surface area contributed by atoms with E-state index in [2.05, 4.69) is 24.3 Å². The molecule has 0 spiro atoms. The summed E-state index contributed by atoms with van der Waals surface area (Å²) in [5.41, 5.74) is 7.68. The predicted molar refractivity (Wildman–Crippen MR) is 68.9 cm³/mol. The molecule has 1 aliphatic heterocycles. The maximum Gasteiger partial charge on any atom is 0.0462 e. The molecule has 2 atom stereocenters. The molecule has 1 aromatic rings. The van der Waals surface area contributed by atoms with E-state index in [9.17, 15) is 0 Å². The molecule has 0 aromatic heterocycles. The van der Waals surface area contributed by atoms with Gasteiger partial charge in [0.1, 0.15) is 0 Å². The second-order valence-electron chi connectivity index (χ2n) is 4.27. The van der Waals surface area contributed by atoms with Gasteiger partial charge in [-0.2, -0.15) is 0 Å². The van der Waals surface area contributed by atoms with Gasteiger partial charge >= 0.3 is 0 Å². The molecule has 2 N–H and O–H groups in total. The fourth-order valence-corrected chi connectivity index (χ4v) is 3.46. The van der Waals surface area contributed by atoms with Crippen LogP contribution in [0.25, 0.3) is 0 Å². The molecule has 2 unspecified atom stereocenters. The minimum absolute atomic E-state index is 0.285. The third kappa shape index (κ3) is 2.78. The summed E-state index contributed by atoms with van der Waals surface area (Å²) in [5, 5.41) is 0.550. The number of benzene rings is 1. The van der Waals surface area contributed by atoms with Crippen molar-refractivity contribution in [3.05, 3.63) is 29.8 Å². The molecule has 1 heterocycles. The lowest BCUT2D eigenvalue weighted by Crippen LogP contribution is -2.32. The van der Waals surface area contributed by atoms with Crippen LogP contribution in [0, 0.1) is 0 Å². The highest BCUT2D eigenvalue weighted by atomic mass is 32.2. The van der Waals surface area contributed by atoms with Crippen LogP contribution in [0.2, 0.25) is 0 Å². The molecule has 2 rings (SSSR count). The first-order chi connectivity index (χ1) is 7.81. The van der Waals surface area contributed by atoms with Gasteiger partial charge in [-0.15, -0.1) is 11.8 Å². The zero-order chi connectivity index (χ0) is 11.4. The summed E-state index contributed by atoms with van der Waals surface area (Å²) in [7, 11) is 1.74. The van der Waals surface area contributed by atoms with E-state index in [0.29, 0.717) is 5.25 Å². The lowest BCUT2D eigenvalue weighted by Gasteiger charge is -2.17. The van der Waals surface area contributed by atoms with Crippen molar-refractivity contribution in [3.8, 4) is 0 Å². The molecule has 0 saturated carbocycles. The van der Waals surface area contributed by atoms with Gasteiger partial charge in [0.05, 0.1) is 0 Å². The Hall–Kier alpha value is -0.510. The second-order valence-corrected chi connectivity index (χ2v) is 5.55. The van der Waals surface area contributed by atoms with Crippen LogP contribution >= 0.6 is 11.8 Å². The first kappa shape index (κ1) is 12.0. The number of methoxy groups -OCH3 is 1. The molecule has 3 heteroatoms. The van der Waals surface area contributed by atoms with Gasteiger partial charge in [-0.05, 0) is 30.9 Å². The maximum absolute atomic E-state index is 6.22. The van der Waals surface area contributed by atoms with Crippen molar-refractivity contribution in [3.63, 3.8) is 0 Å². The Balaban J connectivity index is 1.86. The van der Waals surface area contributed by atoms with Gasteiger partial charge in [0.2, 0.25) is 0 Å². The molecule has 1 aliphatic rings. The molecule has 0 amide bonds. The summed E-state index contributed by atoms with van der Waals surface area (Å²) in [6.45, 7) is 0.817. The van der Waals surface area contributed by atoms with Crippen LogP contribution in [0.4, 0.5) is 0 Å². The van der Waals surface area contributed by atoms with E-state index in [4.69, 9.17) is 10.5 Å². The zero-order valence-electron chi connectivity index (χ0n) is 9.69. The number of hydrogen-bond acceptors (Lipinski definition) is 3. The highest BCUT2D eigenvalue weighted by Crippen LogP contribution is 2.38. The Bertz CT molecular complexity index is 317. The third-order valence-electron chi connectivity index (χ3n) is 3.04. The van der Waals surface area contributed by atoms with Crippen molar-refractivity contribution in [2.75, 3.05) is 13.7 Å². The molecule has 0 aliphatic carbocycles. The highest BCUT2D eigenvalue weighted by molar-refractivity contribution is 8.00. The maximum atomic E-state index is 6.22. The predicted octanol–water partition coefficient (Wildman–Crippen LogP) is 2.46. The molecule has 0 bridgehead atoms. The molecule has 1 aromatic carbocycles. The van der Waals surface area contributed by atoms with Gasteiger partial charge in [0.15, 0.2) is 0 Å². The fourth-order valence-electron chi connectivity index (χ4n) is 2.10. The van der Waals surface area contributed by atoms with Crippen molar-refractivity contribution in [1.29, 1.82) is 0 Å². The van der Waals surface area contributed by atoms with Crippen molar-refractivity contribution in [2.45, 2.75) is 35.4 Å². The summed E-state index contributed by atoms with van der Waals surface area (Å²) >= 11 is 1.94. The average molecular weight is 237 g/mol. The monoisotopic (exact) mass is 237 g/mol. The van der Waals surface area contributed by atoms with Crippen molar-refractivity contribution in [1.82, 2.24) is 0 Å². The van der Waals surface area contributed by atoms with E-state index < -0.39 is 0 Å². The molecule has 2 nitrogen and oxygen atoms in total. The normalized spacial score (nSPS) is 20.8. The first-order valence-electron chi connectivity index (χ1n) is 5.80. The Morgan fingerprint density at radius 3 is 3.06 bits per heavy atom. The van der Waals surface area contributed by atoms with Crippen LogP contribution in [-0.2, 0) is 11.2 Å². The molecule has 0 fully saturated rings. The van der Waals surface area contributed by atoms with Crippen LogP contribution in [0.5, 0.6) is 0 Å². The number of nitrogens with two attached hydrogens (primary N) is 1. The zero-order valence-corrected chi connectivity index (χ0v) is 10.5. The second kappa shape index (κ2) is 5.71.